The number of amides is 1. The van der Waals surface area contributed by atoms with E-state index in [2.05, 4.69) is 0 Å². The van der Waals surface area contributed by atoms with E-state index in [0.29, 0.717) is 30.4 Å². The van der Waals surface area contributed by atoms with Crippen molar-refractivity contribution in [3.05, 3.63) is 47.5 Å². The van der Waals surface area contributed by atoms with Crippen LogP contribution in [0.5, 0.6) is 23.0 Å². The molecule has 0 radical (unpaired) electrons. The maximum absolute atomic E-state index is 12.4. The monoisotopic (exact) mass is 417 g/mol. The molecule has 8 nitrogen and oxygen atoms in total. The summed E-state index contributed by atoms with van der Waals surface area (Å²) >= 11 is 0. The van der Waals surface area contributed by atoms with Crippen molar-refractivity contribution in [2.75, 3.05) is 41.6 Å². The molecule has 2 aromatic carbocycles. The lowest BCUT2D eigenvalue weighted by molar-refractivity contribution is -0.133. The Balaban J connectivity index is 1.97. The Morgan fingerprint density at radius 2 is 1.53 bits per heavy atom. The third kappa shape index (κ3) is 5.79. The van der Waals surface area contributed by atoms with Crippen LogP contribution < -0.4 is 18.9 Å². The number of benzene rings is 2. The van der Waals surface area contributed by atoms with E-state index in [-0.39, 0.29) is 18.1 Å². The summed E-state index contributed by atoms with van der Waals surface area (Å²) in [6.07, 6.45) is 0. The zero-order chi connectivity index (χ0) is 22.1. The second-order valence-corrected chi connectivity index (χ2v) is 6.32. The maximum atomic E-state index is 12.4. The molecule has 0 heterocycles. The van der Waals surface area contributed by atoms with Crippen molar-refractivity contribution in [3.63, 3.8) is 0 Å². The number of ether oxygens (including phenoxy) is 5. The molecular formula is C22H27NO7. The zero-order valence-corrected chi connectivity index (χ0v) is 17.9. The molecule has 0 saturated carbocycles. The van der Waals surface area contributed by atoms with Gasteiger partial charge in [-0.25, -0.2) is 4.79 Å². The van der Waals surface area contributed by atoms with Crippen molar-refractivity contribution in [2.24, 2.45) is 0 Å². The van der Waals surface area contributed by atoms with Crippen LogP contribution in [0.3, 0.4) is 0 Å². The molecule has 0 unspecified atom stereocenters. The lowest BCUT2D eigenvalue weighted by Crippen LogP contribution is -2.30. The van der Waals surface area contributed by atoms with Gasteiger partial charge in [-0.3, -0.25) is 4.79 Å². The summed E-state index contributed by atoms with van der Waals surface area (Å²) in [6.45, 7) is 2.50. The van der Waals surface area contributed by atoms with Crippen LogP contribution in [-0.2, 0) is 16.1 Å². The number of hydrogen-bond acceptors (Lipinski definition) is 7. The fourth-order valence-electron chi connectivity index (χ4n) is 2.74. The lowest BCUT2D eigenvalue weighted by atomic mass is 10.2. The summed E-state index contributed by atoms with van der Waals surface area (Å²) in [7, 11) is 6.01. The third-order valence-electron chi connectivity index (χ3n) is 4.31. The summed E-state index contributed by atoms with van der Waals surface area (Å²) in [6, 6.07) is 10.4. The molecule has 0 aromatic heterocycles. The maximum Gasteiger partial charge on any atom is 0.338 e. The number of rotatable bonds is 10. The van der Waals surface area contributed by atoms with Gasteiger partial charge in [0.1, 0.15) is 5.75 Å². The Labute approximate surface area is 176 Å². The number of carbonyl (C=O) groups is 2. The van der Waals surface area contributed by atoms with Gasteiger partial charge in [0.05, 0.1) is 33.5 Å². The number of carbonyl (C=O) groups excluding carboxylic acids is 2. The molecule has 0 bridgehead atoms. The van der Waals surface area contributed by atoms with Crippen LogP contribution >= 0.6 is 0 Å². The Hall–Kier alpha value is -3.42. The van der Waals surface area contributed by atoms with Gasteiger partial charge in [0.2, 0.25) is 5.75 Å². The first-order valence-electron chi connectivity index (χ1n) is 9.36. The predicted molar refractivity (Wildman–Crippen MR) is 110 cm³/mol. The summed E-state index contributed by atoms with van der Waals surface area (Å²) in [5, 5.41) is 0. The highest BCUT2D eigenvalue weighted by molar-refractivity contribution is 5.92. The van der Waals surface area contributed by atoms with Crippen molar-refractivity contribution in [2.45, 2.75) is 13.5 Å². The molecule has 1 amide bonds. The molecule has 0 N–H and O–H groups in total. The average molecular weight is 417 g/mol. The van der Waals surface area contributed by atoms with Crippen LogP contribution in [0.2, 0.25) is 0 Å². The summed E-state index contributed by atoms with van der Waals surface area (Å²) in [5.74, 6) is 0.782. The van der Waals surface area contributed by atoms with Gasteiger partial charge >= 0.3 is 5.97 Å². The Bertz CT molecular complexity index is 839. The Kier molecular flexibility index (Phi) is 8.34. The number of esters is 1. The molecule has 0 saturated heterocycles. The molecule has 2 rings (SSSR count). The normalized spacial score (nSPS) is 10.2. The van der Waals surface area contributed by atoms with Crippen molar-refractivity contribution in [1.82, 2.24) is 4.90 Å². The van der Waals surface area contributed by atoms with Crippen molar-refractivity contribution >= 4 is 11.9 Å². The molecule has 2 aromatic rings. The van der Waals surface area contributed by atoms with E-state index in [9.17, 15) is 9.59 Å². The van der Waals surface area contributed by atoms with Crippen molar-refractivity contribution < 1.29 is 33.3 Å². The molecule has 0 aliphatic rings. The largest absolute Gasteiger partial charge is 0.494 e. The second-order valence-electron chi connectivity index (χ2n) is 6.32. The van der Waals surface area contributed by atoms with Gasteiger partial charge in [0, 0.05) is 13.6 Å². The van der Waals surface area contributed by atoms with E-state index < -0.39 is 5.97 Å². The predicted octanol–water partition coefficient (Wildman–Crippen LogP) is 2.93. The van der Waals surface area contributed by atoms with E-state index >= 15 is 0 Å². The van der Waals surface area contributed by atoms with Crippen LogP contribution in [-0.4, -0.2) is 58.4 Å². The highest BCUT2D eigenvalue weighted by Gasteiger charge is 2.19. The van der Waals surface area contributed by atoms with Crippen LogP contribution in [0.1, 0.15) is 22.8 Å². The number of methoxy groups -OCH3 is 3. The van der Waals surface area contributed by atoms with E-state index in [1.54, 1.807) is 7.05 Å². The molecule has 30 heavy (non-hydrogen) atoms. The van der Waals surface area contributed by atoms with Gasteiger partial charge in [-0.15, -0.1) is 0 Å². The van der Waals surface area contributed by atoms with E-state index in [1.807, 2.05) is 31.2 Å². The number of hydrogen-bond donors (Lipinski definition) is 0. The fourth-order valence-corrected chi connectivity index (χ4v) is 2.74. The molecule has 162 valence electrons. The second kappa shape index (κ2) is 10.9. The topological polar surface area (TPSA) is 83.5 Å². The Morgan fingerprint density at radius 3 is 2.03 bits per heavy atom. The van der Waals surface area contributed by atoms with Crippen LogP contribution in [0.25, 0.3) is 0 Å². The first-order valence-corrected chi connectivity index (χ1v) is 9.36. The smallest absolute Gasteiger partial charge is 0.338 e. The molecule has 0 atom stereocenters. The van der Waals surface area contributed by atoms with Gasteiger partial charge in [-0.1, -0.05) is 12.1 Å². The molecule has 0 fully saturated rings. The highest BCUT2D eigenvalue weighted by Crippen LogP contribution is 2.38. The molecule has 0 aliphatic carbocycles. The fraction of sp³-hybridized carbons (Fsp3) is 0.364. The first kappa shape index (κ1) is 22.9. The zero-order valence-electron chi connectivity index (χ0n) is 17.9. The molecule has 8 heteroatoms. The number of likely N-dealkylation sites (N-methyl/N-ethyl adjacent to an activating group) is 1. The van der Waals surface area contributed by atoms with Crippen molar-refractivity contribution in [3.8, 4) is 23.0 Å². The van der Waals surface area contributed by atoms with Gasteiger partial charge in [0.25, 0.3) is 5.91 Å². The van der Waals surface area contributed by atoms with Crippen LogP contribution in [0, 0.1) is 0 Å². The molecule has 0 spiro atoms. The summed E-state index contributed by atoms with van der Waals surface area (Å²) in [5.41, 5.74) is 1.12. The van der Waals surface area contributed by atoms with Gasteiger partial charge in [-0.2, -0.15) is 0 Å². The van der Waals surface area contributed by atoms with Gasteiger partial charge in [-0.05, 0) is 36.8 Å². The standard InChI is InChI=1S/C22H27NO7/c1-6-29-17-9-7-15(8-10-17)13-23(2)20(24)14-30-22(25)16-11-18(26-3)21(28-5)19(12-16)27-4/h7-12H,6,13-14H2,1-5H3. The van der Waals surface area contributed by atoms with Crippen LogP contribution in [0.4, 0.5) is 0 Å². The minimum Gasteiger partial charge on any atom is -0.494 e. The summed E-state index contributed by atoms with van der Waals surface area (Å²) in [4.78, 5) is 26.2. The SMILES string of the molecule is CCOc1ccc(CN(C)C(=O)COC(=O)c2cc(OC)c(OC)c(OC)c2)cc1. The van der Waals surface area contributed by atoms with Crippen molar-refractivity contribution in [1.29, 1.82) is 0 Å². The van der Waals surface area contributed by atoms with Gasteiger partial charge in [0.15, 0.2) is 18.1 Å². The van der Waals surface area contributed by atoms with Gasteiger partial charge < -0.3 is 28.6 Å². The molecular weight excluding hydrogens is 390 g/mol. The minimum atomic E-state index is -0.669. The van der Waals surface area contributed by atoms with E-state index in [1.165, 1.54) is 38.4 Å². The quantitative estimate of drug-likeness (QED) is 0.550. The average Bonchev–Trinajstić information content (AvgIpc) is 2.77. The summed E-state index contributed by atoms with van der Waals surface area (Å²) < 4.78 is 26.3. The number of nitrogens with zero attached hydrogens (tertiary/aromatic N) is 1. The van der Waals surface area contributed by atoms with Crippen LogP contribution in [0.15, 0.2) is 36.4 Å². The lowest BCUT2D eigenvalue weighted by Gasteiger charge is -2.18. The molecule has 0 aliphatic heterocycles. The Morgan fingerprint density at radius 1 is 0.933 bits per heavy atom. The third-order valence-corrected chi connectivity index (χ3v) is 4.31. The van der Waals surface area contributed by atoms with E-state index in [4.69, 9.17) is 23.7 Å². The van der Waals surface area contributed by atoms with E-state index in [0.717, 1.165) is 11.3 Å². The highest BCUT2D eigenvalue weighted by atomic mass is 16.5. The minimum absolute atomic E-state index is 0.187. The first-order chi connectivity index (χ1) is 14.4.